The first-order valence-electron chi connectivity index (χ1n) is 6.44. The van der Waals surface area contributed by atoms with E-state index in [2.05, 4.69) is 0 Å². The van der Waals surface area contributed by atoms with Gasteiger partial charge in [0.2, 0.25) is 5.91 Å². The minimum atomic E-state index is -0.363. The number of halogens is 2. The van der Waals surface area contributed by atoms with Crippen molar-refractivity contribution in [2.45, 2.75) is 25.8 Å². The molecule has 0 saturated carbocycles. The Kier molecular flexibility index (Phi) is 4.30. The van der Waals surface area contributed by atoms with Crippen LogP contribution in [0.4, 0.5) is 0 Å². The summed E-state index contributed by atoms with van der Waals surface area (Å²) >= 11 is 11.9. The Morgan fingerprint density at radius 1 is 1.35 bits per heavy atom. The van der Waals surface area contributed by atoms with Crippen molar-refractivity contribution < 1.29 is 9.59 Å². The zero-order valence-corrected chi connectivity index (χ0v) is 12.9. The molecule has 2 unspecified atom stereocenters. The Morgan fingerprint density at radius 3 is 2.50 bits per heavy atom. The average molecular weight is 318 g/mol. The van der Waals surface area contributed by atoms with Crippen molar-refractivity contribution in [1.29, 1.82) is 0 Å². The molecule has 2 rings (SSSR count). The van der Waals surface area contributed by atoms with E-state index in [0.29, 0.717) is 22.4 Å². The number of likely N-dealkylation sites (tertiary alicyclic amines) is 1. The zero-order chi connectivity index (χ0) is 15.0. The summed E-state index contributed by atoms with van der Waals surface area (Å²) < 4.78 is 1.55. The molecule has 2 N–H and O–H groups in total. The molecule has 0 bridgehead atoms. The fraction of sp³-hybridized carbons (Fsp3) is 0.538. The van der Waals surface area contributed by atoms with E-state index < -0.39 is 0 Å². The fourth-order valence-electron chi connectivity index (χ4n) is 2.52. The number of rotatable bonds is 2. The molecule has 1 saturated heterocycles. The average Bonchev–Trinajstić information content (AvgIpc) is 2.66. The molecule has 5 nitrogen and oxygen atoms in total. The van der Waals surface area contributed by atoms with Gasteiger partial charge in [-0.2, -0.15) is 0 Å². The molecule has 1 aliphatic heterocycles. The number of amides is 2. The van der Waals surface area contributed by atoms with Crippen molar-refractivity contribution in [2.24, 2.45) is 18.7 Å². The van der Waals surface area contributed by atoms with Crippen LogP contribution in [0.2, 0.25) is 10.2 Å². The Balaban J connectivity index is 2.26. The van der Waals surface area contributed by atoms with Gasteiger partial charge in [0, 0.05) is 19.6 Å². The third-order valence-corrected chi connectivity index (χ3v) is 4.72. The molecule has 0 radical (unpaired) electrons. The van der Waals surface area contributed by atoms with Crippen LogP contribution in [-0.4, -0.2) is 33.9 Å². The highest BCUT2D eigenvalue weighted by Crippen LogP contribution is 2.28. The van der Waals surface area contributed by atoms with Crippen LogP contribution in [0.25, 0.3) is 0 Å². The number of carbonyl (C=O) groups is 2. The number of primary amides is 1. The van der Waals surface area contributed by atoms with Crippen LogP contribution >= 0.6 is 23.2 Å². The van der Waals surface area contributed by atoms with E-state index in [0.717, 1.165) is 12.8 Å². The summed E-state index contributed by atoms with van der Waals surface area (Å²) in [4.78, 5) is 25.6. The molecular weight excluding hydrogens is 301 g/mol. The lowest BCUT2D eigenvalue weighted by Crippen LogP contribution is -2.49. The van der Waals surface area contributed by atoms with Gasteiger partial charge in [0.25, 0.3) is 5.91 Å². The first-order valence-corrected chi connectivity index (χ1v) is 7.19. The van der Waals surface area contributed by atoms with E-state index in [9.17, 15) is 9.59 Å². The Bertz CT molecular complexity index is 556. The van der Waals surface area contributed by atoms with E-state index in [1.54, 1.807) is 22.6 Å². The molecule has 110 valence electrons. The minimum absolute atomic E-state index is 0.0607. The maximum Gasteiger partial charge on any atom is 0.270 e. The summed E-state index contributed by atoms with van der Waals surface area (Å²) in [6, 6.07) is 1.61. The summed E-state index contributed by atoms with van der Waals surface area (Å²) in [5.41, 5.74) is 5.76. The van der Waals surface area contributed by atoms with Crippen LogP contribution in [0, 0.1) is 5.92 Å². The van der Waals surface area contributed by atoms with Crippen LogP contribution in [0.3, 0.4) is 0 Å². The Hall–Kier alpha value is -1.20. The molecule has 1 aromatic heterocycles. The fourth-order valence-corrected chi connectivity index (χ4v) is 2.89. The van der Waals surface area contributed by atoms with Gasteiger partial charge in [-0.1, -0.05) is 23.2 Å². The van der Waals surface area contributed by atoms with Crippen molar-refractivity contribution >= 4 is 35.0 Å². The predicted octanol–water partition coefficient (Wildman–Crippen LogP) is 2.06. The van der Waals surface area contributed by atoms with Crippen molar-refractivity contribution in [1.82, 2.24) is 9.47 Å². The van der Waals surface area contributed by atoms with E-state index in [1.807, 2.05) is 6.92 Å². The third kappa shape index (κ3) is 2.65. The summed E-state index contributed by atoms with van der Waals surface area (Å²) in [6.07, 6.45) is 1.47. The molecular formula is C13H17Cl2N3O2. The number of piperidine rings is 1. The molecule has 1 fully saturated rings. The van der Waals surface area contributed by atoms with Crippen LogP contribution < -0.4 is 5.73 Å². The lowest BCUT2D eigenvalue weighted by Gasteiger charge is -2.36. The van der Waals surface area contributed by atoms with Gasteiger partial charge >= 0.3 is 0 Å². The molecule has 0 spiro atoms. The van der Waals surface area contributed by atoms with Gasteiger partial charge < -0.3 is 15.2 Å². The first kappa shape index (κ1) is 15.2. The number of carbonyl (C=O) groups excluding carboxylic acids is 2. The third-order valence-electron chi connectivity index (χ3n) is 3.88. The highest BCUT2D eigenvalue weighted by molar-refractivity contribution is 6.41. The molecule has 0 aliphatic carbocycles. The lowest BCUT2D eigenvalue weighted by atomic mass is 9.92. The Morgan fingerprint density at radius 2 is 2.00 bits per heavy atom. The number of hydrogen-bond donors (Lipinski definition) is 1. The molecule has 2 atom stereocenters. The van der Waals surface area contributed by atoms with Gasteiger partial charge in [-0.3, -0.25) is 9.59 Å². The molecule has 1 aromatic rings. The van der Waals surface area contributed by atoms with E-state index in [1.165, 1.54) is 0 Å². The van der Waals surface area contributed by atoms with Crippen LogP contribution in [-0.2, 0) is 11.8 Å². The smallest absolute Gasteiger partial charge is 0.270 e. The number of aromatic nitrogens is 1. The van der Waals surface area contributed by atoms with Crippen molar-refractivity contribution in [3.63, 3.8) is 0 Å². The van der Waals surface area contributed by atoms with E-state index in [4.69, 9.17) is 28.9 Å². The van der Waals surface area contributed by atoms with Gasteiger partial charge in [0.1, 0.15) is 10.8 Å². The SMILES string of the molecule is CC1CCC(C(N)=O)CN1C(=O)c1cc(Cl)c(Cl)n1C. The molecule has 7 heteroatoms. The lowest BCUT2D eigenvalue weighted by molar-refractivity contribution is -0.123. The second-order valence-electron chi connectivity index (χ2n) is 5.21. The number of hydrogen-bond acceptors (Lipinski definition) is 2. The highest BCUT2D eigenvalue weighted by atomic mass is 35.5. The predicted molar refractivity (Wildman–Crippen MR) is 77.8 cm³/mol. The molecule has 2 heterocycles. The molecule has 1 aliphatic rings. The van der Waals surface area contributed by atoms with Gasteiger partial charge in [-0.05, 0) is 25.8 Å². The van der Waals surface area contributed by atoms with Gasteiger partial charge in [-0.25, -0.2) is 0 Å². The van der Waals surface area contributed by atoms with Gasteiger partial charge in [0.15, 0.2) is 0 Å². The summed E-state index contributed by atoms with van der Waals surface area (Å²) in [6.45, 7) is 2.30. The van der Waals surface area contributed by atoms with Gasteiger partial charge in [-0.15, -0.1) is 0 Å². The maximum atomic E-state index is 12.6. The number of nitrogens with zero attached hydrogens (tertiary/aromatic N) is 2. The second-order valence-corrected chi connectivity index (χ2v) is 5.98. The normalized spacial score (nSPS) is 22.9. The Labute approximate surface area is 127 Å². The summed E-state index contributed by atoms with van der Waals surface area (Å²) in [5.74, 6) is -0.834. The largest absolute Gasteiger partial charge is 0.369 e. The topological polar surface area (TPSA) is 68.3 Å². The maximum absolute atomic E-state index is 12.6. The molecule has 20 heavy (non-hydrogen) atoms. The van der Waals surface area contributed by atoms with Crippen LogP contribution in [0.1, 0.15) is 30.3 Å². The number of nitrogens with two attached hydrogens (primary N) is 1. The van der Waals surface area contributed by atoms with Crippen LogP contribution in [0.5, 0.6) is 0 Å². The van der Waals surface area contributed by atoms with Crippen molar-refractivity contribution in [2.75, 3.05) is 6.54 Å². The minimum Gasteiger partial charge on any atom is -0.369 e. The molecule has 2 amide bonds. The monoisotopic (exact) mass is 317 g/mol. The molecule has 0 aromatic carbocycles. The van der Waals surface area contributed by atoms with Crippen molar-refractivity contribution in [3.8, 4) is 0 Å². The second kappa shape index (κ2) is 5.66. The van der Waals surface area contributed by atoms with E-state index >= 15 is 0 Å². The van der Waals surface area contributed by atoms with E-state index in [-0.39, 0.29) is 23.8 Å². The summed E-state index contributed by atoms with van der Waals surface area (Å²) in [5, 5.41) is 0.666. The quantitative estimate of drug-likeness (QED) is 0.907. The standard InChI is InChI=1S/C13H17Cl2N3O2/c1-7-3-4-8(12(16)19)6-18(7)13(20)10-5-9(14)11(15)17(10)2/h5,7-8H,3-4,6H2,1-2H3,(H2,16,19). The highest BCUT2D eigenvalue weighted by Gasteiger charge is 2.33. The summed E-state index contributed by atoms with van der Waals surface area (Å²) in [7, 11) is 1.68. The van der Waals surface area contributed by atoms with Crippen molar-refractivity contribution in [3.05, 3.63) is 21.9 Å². The first-order chi connectivity index (χ1) is 9.32. The van der Waals surface area contributed by atoms with Crippen LogP contribution in [0.15, 0.2) is 6.07 Å². The van der Waals surface area contributed by atoms with Gasteiger partial charge in [0.05, 0.1) is 10.9 Å². The zero-order valence-electron chi connectivity index (χ0n) is 11.4.